The number of hydrogen-bond acceptors (Lipinski definition) is 2. The van der Waals surface area contributed by atoms with Gasteiger partial charge in [0.15, 0.2) is 0 Å². The number of hydrogen-bond donors (Lipinski definition) is 1. The van der Waals surface area contributed by atoms with E-state index in [9.17, 15) is 0 Å². The van der Waals surface area contributed by atoms with Crippen LogP contribution in [0.15, 0.2) is 18.2 Å². The van der Waals surface area contributed by atoms with Crippen LogP contribution in [0.5, 0.6) is 0 Å². The predicted molar refractivity (Wildman–Crippen MR) is 79.3 cm³/mol. The van der Waals surface area contributed by atoms with Crippen molar-refractivity contribution in [1.82, 2.24) is 0 Å². The average Bonchev–Trinajstić information content (AvgIpc) is 2.81. The molecule has 1 aliphatic rings. The molecule has 0 saturated heterocycles. The van der Waals surface area contributed by atoms with Crippen LogP contribution < -0.4 is 10.6 Å². The second-order valence-corrected chi connectivity index (χ2v) is 5.94. The van der Waals surface area contributed by atoms with E-state index in [4.69, 9.17) is 17.3 Å². The van der Waals surface area contributed by atoms with Gasteiger partial charge in [-0.3, -0.25) is 0 Å². The van der Waals surface area contributed by atoms with Crippen molar-refractivity contribution in [2.75, 3.05) is 18.5 Å². The van der Waals surface area contributed by atoms with E-state index in [0.717, 1.165) is 28.7 Å². The van der Waals surface area contributed by atoms with Crippen LogP contribution in [0.1, 0.15) is 44.2 Å². The number of nitrogens with two attached hydrogens (primary N) is 1. The van der Waals surface area contributed by atoms with Crippen LogP contribution in [0.4, 0.5) is 5.69 Å². The first-order valence-electron chi connectivity index (χ1n) is 6.84. The van der Waals surface area contributed by atoms with Crippen molar-refractivity contribution in [2.45, 2.75) is 38.6 Å². The van der Waals surface area contributed by atoms with E-state index in [1.807, 2.05) is 13.0 Å². The number of benzene rings is 1. The summed E-state index contributed by atoms with van der Waals surface area (Å²) in [4.78, 5) is 2.28. The number of halogens is 1. The van der Waals surface area contributed by atoms with Gasteiger partial charge in [-0.05, 0) is 43.4 Å². The third-order valence-corrected chi connectivity index (χ3v) is 4.22. The van der Waals surface area contributed by atoms with Crippen molar-refractivity contribution < 1.29 is 0 Å². The lowest BCUT2D eigenvalue weighted by molar-refractivity contribution is 0.547. The van der Waals surface area contributed by atoms with Crippen molar-refractivity contribution in [3.8, 4) is 0 Å². The molecule has 2 nitrogen and oxygen atoms in total. The lowest BCUT2D eigenvalue weighted by atomic mass is 10.1. The Labute approximate surface area is 115 Å². The van der Waals surface area contributed by atoms with E-state index in [1.54, 1.807) is 0 Å². The van der Waals surface area contributed by atoms with Gasteiger partial charge in [0.2, 0.25) is 0 Å². The molecule has 1 aliphatic carbocycles. The van der Waals surface area contributed by atoms with Crippen LogP contribution in [0.2, 0.25) is 5.02 Å². The van der Waals surface area contributed by atoms with E-state index in [1.165, 1.54) is 25.7 Å². The maximum Gasteiger partial charge on any atom is 0.0642 e. The molecule has 2 N–H and O–H groups in total. The summed E-state index contributed by atoms with van der Waals surface area (Å²) in [7, 11) is 2.13. The van der Waals surface area contributed by atoms with Gasteiger partial charge in [0.25, 0.3) is 0 Å². The van der Waals surface area contributed by atoms with E-state index in [0.29, 0.717) is 0 Å². The standard InChI is InChI=1S/C15H23ClN2/c1-11(17)13-7-8-15(14(16)9-13)18(2)10-12-5-3-4-6-12/h7-9,11-12H,3-6,10,17H2,1-2H3/t11-/m0/s1. The average molecular weight is 267 g/mol. The van der Waals surface area contributed by atoms with E-state index < -0.39 is 0 Å². The Morgan fingerprint density at radius 1 is 1.39 bits per heavy atom. The second kappa shape index (κ2) is 5.94. The zero-order valence-electron chi connectivity index (χ0n) is 11.3. The number of nitrogens with zero attached hydrogens (tertiary/aromatic N) is 1. The van der Waals surface area contributed by atoms with Crippen molar-refractivity contribution in [3.05, 3.63) is 28.8 Å². The molecule has 2 rings (SSSR count). The van der Waals surface area contributed by atoms with Gasteiger partial charge in [-0.1, -0.05) is 30.5 Å². The predicted octanol–water partition coefficient (Wildman–Crippen LogP) is 3.99. The molecule has 1 aromatic carbocycles. The molecule has 0 unspecified atom stereocenters. The third kappa shape index (κ3) is 3.18. The first-order valence-corrected chi connectivity index (χ1v) is 7.22. The van der Waals surface area contributed by atoms with Gasteiger partial charge in [-0.25, -0.2) is 0 Å². The molecule has 0 aliphatic heterocycles. The largest absolute Gasteiger partial charge is 0.373 e. The number of rotatable bonds is 4. The fraction of sp³-hybridized carbons (Fsp3) is 0.600. The minimum absolute atomic E-state index is 0.0386. The summed E-state index contributed by atoms with van der Waals surface area (Å²) in [6.07, 6.45) is 5.49. The van der Waals surface area contributed by atoms with Gasteiger partial charge >= 0.3 is 0 Å². The zero-order valence-corrected chi connectivity index (χ0v) is 12.1. The summed E-state index contributed by atoms with van der Waals surface area (Å²) in [5, 5.41) is 0.810. The van der Waals surface area contributed by atoms with Crippen molar-refractivity contribution in [2.24, 2.45) is 11.7 Å². The summed E-state index contributed by atoms with van der Waals surface area (Å²) >= 11 is 6.36. The maximum atomic E-state index is 6.36. The Morgan fingerprint density at radius 2 is 2.06 bits per heavy atom. The van der Waals surface area contributed by atoms with Crippen LogP contribution in [0, 0.1) is 5.92 Å². The summed E-state index contributed by atoms with van der Waals surface area (Å²) in [5.41, 5.74) is 8.08. The minimum Gasteiger partial charge on any atom is -0.373 e. The van der Waals surface area contributed by atoms with Crippen LogP contribution >= 0.6 is 11.6 Å². The fourth-order valence-electron chi connectivity index (χ4n) is 2.79. The molecule has 0 spiro atoms. The number of anilines is 1. The van der Waals surface area contributed by atoms with E-state index >= 15 is 0 Å². The first-order chi connectivity index (χ1) is 8.58. The Morgan fingerprint density at radius 3 is 2.61 bits per heavy atom. The minimum atomic E-state index is 0.0386. The molecule has 1 atom stereocenters. The van der Waals surface area contributed by atoms with Gasteiger partial charge in [-0.2, -0.15) is 0 Å². The molecular formula is C15H23ClN2. The first kappa shape index (κ1) is 13.7. The lowest BCUT2D eigenvalue weighted by Crippen LogP contribution is -2.24. The molecule has 0 bridgehead atoms. The molecule has 1 fully saturated rings. The van der Waals surface area contributed by atoms with Crippen molar-refractivity contribution in [1.29, 1.82) is 0 Å². The topological polar surface area (TPSA) is 29.3 Å². The molecular weight excluding hydrogens is 244 g/mol. The fourth-order valence-corrected chi connectivity index (χ4v) is 3.13. The Balaban J connectivity index is 2.07. The molecule has 100 valence electrons. The highest BCUT2D eigenvalue weighted by Gasteiger charge is 2.18. The molecule has 0 radical (unpaired) electrons. The Kier molecular flexibility index (Phi) is 4.52. The molecule has 3 heteroatoms. The highest BCUT2D eigenvalue weighted by atomic mass is 35.5. The normalized spacial score (nSPS) is 18.0. The van der Waals surface area contributed by atoms with Crippen molar-refractivity contribution >= 4 is 17.3 Å². The van der Waals surface area contributed by atoms with E-state index in [2.05, 4.69) is 24.1 Å². The Bertz CT molecular complexity index is 397. The summed E-state index contributed by atoms with van der Waals surface area (Å²) in [5.74, 6) is 0.833. The zero-order chi connectivity index (χ0) is 13.1. The SMILES string of the molecule is C[C@H](N)c1ccc(N(C)CC2CCCC2)c(Cl)c1. The van der Waals surface area contributed by atoms with Gasteiger partial charge in [0.1, 0.15) is 0 Å². The molecule has 18 heavy (non-hydrogen) atoms. The van der Waals surface area contributed by atoms with Crippen LogP contribution in [-0.2, 0) is 0 Å². The molecule has 1 aromatic rings. The van der Waals surface area contributed by atoms with Gasteiger partial charge in [-0.15, -0.1) is 0 Å². The van der Waals surface area contributed by atoms with Gasteiger partial charge in [0.05, 0.1) is 10.7 Å². The molecule has 0 amide bonds. The second-order valence-electron chi connectivity index (χ2n) is 5.53. The highest BCUT2D eigenvalue weighted by molar-refractivity contribution is 6.33. The van der Waals surface area contributed by atoms with Crippen molar-refractivity contribution in [3.63, 3.8) is 0 Å². The summed E-state index contributed by atoms with van der Waals surface area (Å²) in [6, 6.07) is 6.20. The van der Waals surface area contributed by atoms with Gasteiger partial charge in [0, 0.05) is 19.6 Å². The quantitative estimate of drug-likeness (QED) is 0.893. The summed E-state index contributed by atoms with van der Waals surface area (Å²) < 4.78 is 0. The highest BCUT2D eigenvalue weighted by Crippen LogP contribution is 2.31. The summed E-state index contributed by atoms with van der Waals surface area (Å²) in [6.45, 7) is 3.09. The van der Waals surface area contributed by atoms with Crippen LogP contribution in [-0.4, -0.2) is 13.6 Å². The van der Waals surface area contributed by atoms with Gasteiger partial charge < -0.3 is 10.6 Å². The smallest absolute Gasteiger partial charge is 0.0642 e. The van der Waals surface area contributed by atoms with E-state index in [-0.39, 0.29) is 6.04 Å². The maximum absolute atomic E-state index is 6.36. The van der Waals surface area contributed by atoms with Crippen LogP contribution in [0.3, 0.4) is 0 Å². The van der Waals surface area contributed by atoms with Crippen LogP contribution in [0.25, 0.3) is 0 Å². The lowest BCUT2D eigenvalue weighted by Gasteiger charge is -2.24. The molecule has 0 heterocycles. The third-order valence-electron chi connectivity index (χ3n) is 3.92. The molecule has 1 saturated carbocycles. The Hall–Kier alpha value is -0.730. The molecule has 0 aromatic heterocycles. The monoisotopic (exact) mass is 266 g/mol.